The van der Waals surface area contributed by atoms with Crippen LogP contribution in [0.3, 0.4) is 0 Å². The second-order valence-electron chi connectivity index (χ2n) is 10.6. The van der Waals surface area contributed by atoms with Crippen LogP contribution < -0.4 is 21.7 Å². The van der Waals surface area contributed by atoms with Crippen molar-refractivity contribution in [3.8, 4) is 0 Å². The molecule has 1 aromatic rings. The number of aromatic nitrogens is 2. The standard InChI is InChI=1S/C25H41N7O6/c1-14(2)8-18(31-22(34)17(26)10-16-11-27-13-29-16)23(35)28-12-21(33)30-19(9-15(3)4)24(36)32-7-5-6-20(32)25(37)38/h11,13-15,17-20H,5-10,12,26H2,1-4H3,(H,27,29)(H,28,35)(H,30,33)(H,31,34)(H,37,38)/t17-,18-,19-,20-/m0/s1. The van der Waals surface area contributed by atoms with Gasteiger partial charge in [-0.2, -0.15) is 0 Å². The monoisotopic (exact) mass is 535 g/mol. The third kappa shape index (κ3) is 9.43. The van der Waals surface area contributed by atoms with Crippen molar-refractivity contribution >= 4 is 29.6 Å². The molecule has 13 heteroatoms. The summed E-state index contributed by atoms with van der Waals surface area (Å²) in [6.07, 6.45) is 4.90. The molecule has 13 nitrogen and oxygen atoms in total. The molecule has 0 unspecified atom stereocenters. The molecule has 0 radical (unpaired) electrons. The minimum absolute atomic E-state index is 0.0565. The fraction of sp³-hybridized carbons (Fsp3) is 0.680. The molecule has 212 valence electrons. The van der Waals surface area contributed by atoms with Crippen molar-refractivity contribution in [2.75, 3.05) is 13.1 Å². The maximum Gasteiger partial charge on any atom is 0.326 e. The van der Waals surface area contributed by atoms with E-state index in [-0.39, 0.29) is 18.3 Å². The zero-order valence-corrected chi connectivity index (χ0v) is 22.5. The van der Waals surface area contributed by atoms with E-state index in [1.54, 1.807) is 6.20 Å². The summed E-state index contributed by atoms with van der Waals surface area (Å²) in [5, 5.41) is 17.3. The van der Waals surface area contributed by atoms with Crippen LogP contribution in [0.4, 0.5) is 0 Å². The average Bonchev–Trinajstić information content (AvgIpc) is 3.52. The van der Waals surface area contributed by atoms with E-state index < -0.39 is 60.3 Å². The van der Waals surface area contributed by atoms with Crippen molar-refractivity contribution in [1.29, 1.82) is 0 Å². The molecular weight excluding hydrogens is 494 g/mol. The number of nitrogens with one attached hydrogen (secondary N) is 4. The number of carboxylic acid groups (broad SMARTS) is 1. The van der Waals surface area contributed by atoms with Crippen molar-refractivity contribution < 1.29 is 29.1 Å². The van der Waals surface area contributed by atoms with Crippen LogP contribution >= 0.6 is 0 Å². The van der Waals surface area contributed by atoms with Gasteiger partial charge in [0.05, 0.1) is 24.6 Å². The molecule has 2 heterocycles. The Morgan fingerprint density at radius 2 is 1.74 bits per heavy atom. The van der Waals surface area contributed by atoms with Gasteiger partial charge in [-0.05, 0) is 37.5 Å². The van der Waals surface area contributed by atoms with Crippen molar-refractivity contribution in [3.05, 3.63) is 18.2 Å². The van der Waals surface area contributed by atoms with E-state index in [0.29, 0.717) is 37.9 Å². The predicted octanol–water partition coefficient (Wildman–Crippen LogP) is -0.467. The quantitative estimate of drug-likeness (QED) is 0.184. The number of carbonyl (C=O) groups is 5. The SMILES string of the molecule is CC(C)C[C@H](NC(=O)[C@@H](N)Cc1c[nH]cn1)C(=O)NCC(=O)N[C@@H](CC(C)C)C(=O)N1CCC[C@H]1C(=O)O. The number of imidazole rings is 1. The maximum atomic E-state index is 13.1. The highest BCUT2D eigenvalue weighted by atomic mass is 16.4. The molecule has 7 N–H and O–H groups in total. The summed E-state index contributed by atoms with van der Waals surface area (Å²) in [6, 6.07) is -3.64. The summed E-state index contributed by atoms with van der Waals surface area (Å²) < 4.78 is 0. The fourth-order valence-corrected chi connectivity index (χ4v) is 4.42. The first kappa shape index (κ1) is 30.7. The minimum Gasteiger partial charge on any atom is -0.480 e. The number of carboxylic acids is 1. The van der Waals surface area contributed by atoms with Crippen LogP contribution in [-0.4, -0.2) is 86.8 Å². The summed E-state index contributed by atoms with van der Waals surface area (Å²) in [7, 11) is 0. The number of hydrogen-bond donors (Lipinski definition) is 6. The summed E-state index contributed by atoms with van der Waals surface area (Å²) in [5.74, 6) is -3.04. The number of H-pyrrole nitrogens is 1. The molecule has 1 saturated heterocycles. The van der Waals surface area contributed by atoms with Gasteiger partial charge in [0.2, 0.25) is 23.6 Å². The number of hydrogen-bond acceptors (Lipinski definition) is 7. The molecule has 0 aliphatic carbocycles. The summed E-state index contributed by atoms with van der Waals surface area (Å²) >= 11 is 0. The van der Waals surface area contributed by atoms with Crippen LogP contribution in [0.25, 0.3) is 0 Å². The van der Waals surface area contributed by atoms with Gasteiger partial charge in [-0.25, -0.2) is 9.78 Å². The third-order valence-electron chi connectivity index (χ3n) is 6.25. The van der Waals surface area contributed by atoms with E-state index in [9.17, 15) is 29.1 Å². The Hall–Kier alpha value is -3.48. The first-order chi connectivity index (χ1) is 17.9. The number of rotatable bonds is 14. The lowest BCUT2D eigenvalue weighted by atomic mass is 10.0. The first-order valence-electron chi connectivity index (χ1n) is 13.0. The predicted molar refractivity (Wildman–Crippen MR) is 138 cm³/mol. The Morgan fingerprint density at radius 1 is 1.08 bits per heavy atom. The number of likely N-dealkylation sites (tertiary alicyclic amines) is 1. The van der Waals surface area contributed by atoms with E-state index in [1.807, 2.05) is 27.7 Å². The highest BCUT2D eigenvalue weighted by Crippen LogP contribution is 2.20. The van der Waals surface area contributed by atoms with E-state index in [0.717, 1.165) is 0 Å². The number of amides is 4. The molecule has 0 bridgehead atoms. The topological polar surface area (TPSA) is 200 Å². The normalized spacial score (nSPS) is 17.7. The molecule has 4 atom stereocenters. The van der Waals surface area contributed by atoms with Crippen LogP contribution in [0.5, 0.6) is 0 Å². The second kappa shape index (κ2) is 14.5. The van der Waals surface area contributed by atoms with Gasteiger partial charge in [0, 0.05) is 19.2 Å². The highest BCUT2D eigenvalue weighted by molar-refractivity contribution is 5.94. The Balaban J connectivity index is 1.97. The Morgan fingerprint density at radius 3 is 2.32 bits per heavy atom. The molecule has 0 saturated carbocycles. The Labute approximate surface area is 222 Å². The van der Waals surface area contributed by atoms with Crippen LogP contribution in [0.15, 0.2) is 12.5 Å². The van der Waals surface area contributed by atoms with E-state index in [2.05, 4.69) is 25.9 Å². The summed E-state index contributed by atoms with van der Waals surface area (Å²) in [6.45, 7) is 7.48. The van der Waals surface area contributed by atoms with Gasteiger partial charge in [0.25, 0.3) is 0 Å². The van der Waals surface area contributed by atoms with Crippen LogP contribution in [0.2, 0.25) is 0 Å². The second-order valence-corrected chi connectivity index (χ2v) is 10.6. The van der Waals surface area contributed by atoms with E-state index in [4.69, 9.17) is 5.73 Å². The van der Waals surface area contributed by atoms with Crippen molar-refractivity contribution in [3.63, 3.8) is 0 Å². The molecule has 0 aromatic carbocycles. The number of carbonyl (C=O) groups excluding carboxylic acids is 4. The van der Waals surface area contributed by atoms with Gasteiger partial charge in [-0.1, -0.05) is 27.7 Å². The number of nitrogens with zero attached hydrogens (tertiary/aromatic N) is 2. The molecule has 38 heavy (non-hydrogen) atoms. The Bertz CT molecular complexity index is 965. The van der Waals surface area contributed by atoms with E-state index >= 15 is 0 Å². The van der Waals surface area contributed by atoms with Gasteiger partial charge in [0.15, 0.2) is 0 Å². The summed E-state index contributed by atoms with van der Waals surface area (Å²) in [4.78, 5) is 70.9. The van der Waals surface area contributed by atoms with E-state index in [1.165, 1.54) is 11.2 Å². The van der Waals surface area contributed by atoms with Crippen molar-refractivity contribution in [1.82, 2.24) is 30.8 Å². The number of nitrogens with two attached hydrogens (primary N) is 1. The molecular formula is C25H41N7O6. The van der Waals surface area contributed by atoms with Gasteiger partial charge in [-0.3, -0.25) is 19.2 Å². The molecule has 2 rings (SSSR count). The van der Waals surface area contributed by atoms with Gasteiger partial charge >= 0.3 is 5.97 Å². The lowest BCUT2D eigenvalue weighted by molar-refractivity contribution is -0.149. The molecule has 0 spiro atoms. The zero-order chi connectivity index (χ0) is 28.4. The zero-order valence-electron chi connectivity index (χ0n) is 22.5. The molecule has 1 aliphatic heterocycles. The maximum absolute atomic E-state index is 13.1. The summed E-state index contributed by atoms with van der Waals surface area (Å²) in [5.41, 5.74) is 6.59. The highest BCUT2D eigenvalue weighted by Gasteiger charge is 2.37. The lowest BCUT2D eigenvalue weighted by Crippen LogP contribution is -2.55. The van der Waals surface area contributed by atoms with Crippen molar-refractivity contribution in [2.24, 2.45) is 17.6 Å². The van der Waals surface area contributed by atoms with Gasteiger partial charge < -0.3 is 36.7 Å². The van der Waals surface area contributed by atoms with Gasteiger partial charge in [-0.15, -0.1) is 0 Å². The molecule has 1 fully saturated rings. The Kier molecular flexibility index (Phi) is 11.7. The van der Waals surface area contributed by atoms with Crippen LogP contribution in [0.1, 0.15) is 59.1 Å². The van der Waals surface area contributed by atoms with Crippen LogP contribution in [0, 0.1) is 11.8 Å². The minimum atomic E-state index is -1.07. The molecule has 1 aliphatic rings. The lowest BCUT2D eigenvalue weighted by Gasteiger charge is -2.28. The fourth-order valence-electron chi connectivity index (χ4n) is 4.42. The largest absolute Gasteiger partial charge is 0.480 e. The first-order valence-corrected chi connectivity index (χ1v) is 13.0. The average molecular weight is 536 g/mol. The molecule has 4 amide bonds. The van der Waals surface area contributed by atoms with Gasteiger partial charge in [0.1, 0.15) is 18.1 Å². The third-order valence-corrected chi connectivity index (χ3v) is 6.25. The van der Waals surface area contributed by atoms with Crippen LogP contribution in [-0.2, 0) is 30.4 Å². The van der Waals surface area contributed by atoms with Crippen molar-refractivity contribution in [2.45, 2.75) is 84.0 Å². The number of aliphatic carboxylic acids is 1. The molecule has 1 aromatic heterocycles. The smallest absolute Gasteiger partial charge is 0.326 e. The number of aromatic amines is 1.